The molecule has 5 nitrogen and oxygen atoms in total. The number of imidazole rings is 1. The monoisotopic (exact) mass is 416 g/mol. The summed E-state index contributed by atoms with van der Waals surface area (Å²) < 4.78 is 0. The molecule has 4 aromatic rings. The number of pyridine rings is 1. The zero-order valence-electron chi connectivity index (χ0n) is 16.6. The Bertz CT molecular complexity index is 1230. The molecule has 2 aromatic heterocycles. The van der Waals surface area contributed by atoms with Crippen molar-refractivity contribution in [1.82, 2.24) is 19.9 Å². The van der Waals surface area contributed by atoms with E-state index < -0.39 is 0 Å². The fourth-order valence-electron chi connectivity index (χ4n) is 4.16. The second-order valence-corrected chi connectivity index (χ2v) is 8.11. The molecule has 1 saturated heterocycles. The number of amides is 1. The minimum absolute atomic E-state index is 0.0846. The first-order valence-electron chi connectivity index (χ1n) is 10.1. The van der Waals surface area contributed by atoms with Gasteiger partial charge in [0.05, 0.1) is 17.9 Å². The van der Waals surface area contributed by atoms with E-state index in [9.17, 15) is 4.79 Å². The molecule has 0 bridgehead atoms. The molecule has 1 aliphatic rings. The average molecular weight is 417 g/mol. The van der Waals surface area contributed by atoms with E-state index in [-0.39, 0.29) is 11.9 Å². The van der Waals surface area contributed by atoms with Crippen LogP contribution >= 0.6 is 11.6 Å². The summed E-state index contributed by atoms with van der Waals surface area (Å²) in [7, 11) is 0. The molecule has 0 unspecified atom stereocenters. The molecular weight excluding hydrogens is 396 g/mol. The summed E-state index contributed by atoms with van der Waals surface area (Å²) in [5.41, 5.74) is 3.70. The van der Waals surface area contributed by atoms with Crippen LogP contribution in [0.1, 0.15) is 40.8 Å². The van der Waals surface area contributed by atoms with Crippen LogP contribution in [0.15, 0.2) is 60.9 Å². The standard InChI is InChI=1S/C24H21ClN4O/c1-15-7-9-16(10-8-15)20-14-27-23(28-20)21-6-3-13-29(21)24(30)22-18-4-2-5-19(25)17(18)11-12-26-22/h2,4-5,7-12,14,21H,3,6,13H2,1H3,(H,27,28)/t21-/m0/s1. The number of benzene rings is 2. The summed E-state index contributed by atoms with van der Waals surface area (Å²) in [6.45, 7) is 2.75. The molecule has 0 radical (unpaired) electrons. The van der Waals surface area contributed by atoms with Gasteiger partial charge in [-0.2, -0.15) is 0 Å². The highest BCUT2D eigenvalue weighted by Gasteiger charge is 2.33. The number of aromatic nitrogens is 3. The first-order valence-corrected chi connectivity index (χ1v) is 10.5. The summed E-state index contributed by atoms with van der Waals surface area (Å²) >= 11 is 6.32. The maximum Gasteiger partial charge on any atom is 0.273 e. The van der Waals surface area contributed by atoms with Crippen molar-refractivity contribution in [3.8, 4) is 11.3 Å². The number of aryl methyl sites for hydroxylation is 1. The molecule has 0 spiro atoms. The Kier molecular flexibility index (Phi) is 4.75. The molecule has 1 aliphatic heterocycles. The van der Waals surface area contributed by atoms with Crippen molar-refractivity contribution in [2.75, 3.05) is 6.54 Å². The number of nitrogens with one attached hydrogen (secondary N) is 1. The van der Waals surface area contributed by atoms with E-state index in [1.54, 1.807) is 6.20 Å². The van der Waals surface area contributed by atoms with Crippen molar-refractivity contribution in [3.63, 3.8) is 0 Å². The van der Waals surface area contributed by atoms with Crippen LogP contribution in [0.4, 0.5) is 0 Å². The predicted octanol–water partition coefficient (Wildman–Crippen LogP) is 5.56. The number of likely N-dealkylation sites (tertiary alicyclic amines) is 1. The molecule has 1 amide bonds. The first-order chi connectivity index (χ1) is 14.6. The summed E-state index contributed by atoms with van der Waals surface area (Å²) in [5.74, 6) is 0.730. The lowest BCUT2D eigenvalue weighted by atomic mass is 10.1. The van der Waals surface area contributed by atoms with Gasteiger partial charge in [0.15, 0.2) is 0 Å². The van der Waals surface area contributed by atoms with Crippen molar-refractivity contribution < 1.29 is 4.79 Å². The number of halogens is 1. The molecule has 150 valence electrons. The Balaban J connectivity index is 1.47. The molecular formula is C24H21ClN4O. The minimum Gasteiger partial charge on any atom is -0.340 e. The zero-order valence-corrected chi connectivity index (χ0v) is 17.4. The SMILES string of the molecule is Cc1ccc(-c2cnc([C@@H]3CCCN3C(=O)c3nccc4c(Cl)cccc34)[nH]2)cc1. The quantitative estimate of drug-likeness (QED) is 0.475. The van der Waals surface area contributed by atoms with Crippen molar-refractivity contribution >= 4 is 28.3 Å². The van der Waals surface area contributed by atoms with E-state index in [0.29, 0.717) is 17.3 Å². The highest BCUT2D eigenvalue weighted by Crippen LogP contribution is 2.34. The summed E-state index contributed by atoms with van der Waals surface area (Å²) in [6, 6.07) is 15.6. The van der Waals surface area contributed by atoms with E-state index in [1.165, 1.54) is 5.56 Å². The normalized spacial score (nSPS) is 16.3. The van der Waals surface area contributed by atoms with Crippen LogP contribution in [0.2, 0.25) is 5.02 Å². The lowest BCUT2D eigenvalue weighted by molar-refractivity contribution is 0.0726. The summed E-state index contributed by atoms with van der Waals surface area (Å²) in [6.07, 6.45) is 5.30. The fraction of sp³-hybridized carbons (Fsp3) is 0.208. The van der Waals surface area contributed by atoms with E-state index in [4.69, 9.17) is 11.6 Å². The van der Waals surface area contributed by atoms with Gasteiger partial charge in [0.1, 0.15) is 11.5 Å². The minimum atomic E-state index is -0.0899. The van der Waals surface area contributed by atoms with Crippen LogP contribution in [0.3, 0.4) is 0 Å². The Hall–Kier alpha value is -3.18. The predicted molar refractivity (Wildman–Crippen MR) is 119 cm³/mol. The van der Waals surface area contributed by atoms with Crippen LogP contribution in [-0.4, -0.2) is 32.3 Å². The third-order valence-corrected chi connectivity index (χ3v) is 6.07. The Morgan fingerprint density at radius 1 is 1.10 bits per heavy atom. The second kappa shape index (κ2) is 7.58. The third kappa shape index (κ3) is 3.25. The number of aromatic amines is 1. The molecule has 0 saturated carbocycles. The molecule has 6 heteroatoms. The van der Waals surface area contributed by atoms with Gasteiger partial charge in [0.2, 0.25) is 0 Å². The van der Waals surface area contributed by atoms with Gasteiger partial charge in [0.25, 0.3) is 5.91 Å². The van der Waals surface area contributed by atoms with E-state index in [2.05, 4.69) is 46.1 Å². The largest absolute Gasteiger partial charge is 0.340 e. The average Bonchev–Trinajstić information content (AvgIpc) is 3.43. The maximum absolute atomic E-state index is 13.4. The van der Waals surface area contributed by atoms with Crippen molar-refractivity contribution in [2.45, 2.75) is 25.8 Å². The topological polar surface area (TPSA) is 61.9 Å². The molecule has 1 N–H and O–H groups in total. The number of hydrogen-bond acceptors (Lipinski definition) is 3. The maximum atomic E-state index is 13.4. The van der Waals surface area contributed by atoms with Crippen LogP contribution < -0.4 is 0 Å². The molecule has 0 aliphatic carbocycles. The van der Waals surface area contributed by atoms with Gasteiger partial charge in [0, 0.05) is 28.5 Å². The van der Waals surface area contributed by atoms with Gasteiger partial charge >= 0.3 is 0 Å². The lowest BCUT2D eigenvalue weighted by Crippen LogP contribution is -2.31. The molecule has 3 heterocycles. The summed E-state index contributed by atoms with van der Waals surface area (Å²) in [5, 5.41) is 2.24. The Labute approximate surface area is 179 Å². The molecule has 5 rings (SSSR count). The number of carbonyl (C=O) groups excluding carboxylic acids is 1. The van der Waals surface area contributed by atoms with Gasteiger partial charge in [-0.15, -0.1) is 0 Å². The molecule has 1 atom stereocenters. The molecule has 2 aromatic carbocycles. The van der Waals surface area contributed by atoms with Gasteiger partial charge in [-0.25, -0.2) is 4.98 Å². The Morgan fingerprint density at radius 2 is 1.93 bits per heavy atom. The van der Waals surface area contributed by atoms with Gasteiger partial charge < -0.3 is 9.88 Å². The smallest absolute Gasteiger partial charge is 0.273 e. The van der Waals surface area contributed by atoms with Gasteiger partial charge in [-0.3, -0.25) is 9.78 Å². The zero-order chi connectivity index (χ0) is 20.7. The number of fused-ring (bicyclic) bond motifs is 1. The fourth-order valence-corrected chi connectivity index (χ4v) is 4.39. The van der Waals surface area contributed by atoms with E-state index in [1.807, 2.05) is 35.4 Å². The van der Waals surface area contributed by atoms with Crippen molar-refractivity contribution in [3.05, 3.63) is 83.0 Å². The molecule has 1 fully saturated rings. The number of hydrogen-bond donors (Lipinski definition) is 1. The van der Waals surface area contributed by atoms with Crippen LogP contribution in [0, 0.1) is 6.92 Å². The van der Waals surface area contributed by atoms with Gasteiger partial charge in [-0.05, 0) is 37.5 Å². The van der Waals surface area contributed by atoms with Crippen molar-refractivity contribution in [2.24, 2.45) is 0 Å². The Morgan fingerprint density at radius 3 is 2.77 bits per heavy atom. The number of carbonyl (C=O) groups is 1. The summed E-state index contributed by atoms with van der Waals surface area (Å²) in [4.78, 5) is 27.8. The number of nitrogens with zero attached hydrogens (tertiary/aromatic N) is 3. The third-order valence-electron chi connectivity index (χ3n) is 5.74. The van der Waals surface area contributed by atoms with E-state index in [0.717, 1.165) is 40.7 Å². The highest BCUT2D eigenvalue weighted by molar-refractivity contribution is 6.35. The van der Waals surface area contributed by atoms with Gasteiger partial charge in [-0.1, -0.05) is 53.6 Å². The molecule has 30 heavy (non-hydrogen) atoms. The van der Waals surface area contributed by atoms with Crippen LogP contribution in [-0.2, 0) is 0 Å². The first kappa shape index (κ1) is 18.8. The number of H-pyrrole nitrogens is 1. The van der Waals surface area contributed by atoms with Crippen molar-refractivity contribution in [1.29, 1.82) is 0 Å². The highest BCUT2D eigenvalue weighted by atomic mass is 35.5. The van der Waals surface area contributed by atoms with Crippen LogP contribution in [0.5, 0.6) is 0 Å². The second-order valence-electron chi connectivity index (χ2n) is 7.70. The number of rotatable bonds is 3. The van der Waals surface area contributed by atoms with Crippen LogP contribution in [0.25, 0.3) is 22.0 Å². The van der Waals surface area contributed by atoms with E-state index >= 15 is 0 Å². The lowest BCUT2D eigenvalue weighted by Gasteiger charge is -2.23.